The van der Waals surface area contributed by atoms with Crippen LogP contribution < -0.4 is 15.8 Å². The molecule has 1 amide bonds. The largest absolute Gasteiger partial charge is 0.487 e. The molecule has 0 aromatic heterocycles. The van der Waals surface area contributed by atoms with Crippen LogP contribution >= 0.6 is 0 Å². The van der Waals surface area contributed by atoms with Crippen molar-refractivity contribution in [1.29, 1.82) is 0 Å². The van der Waals surface area contributed by atoms with Gasteiger partial charge in [-0.05, 0) is 25.1 Å². The number of amides is 1. The fourth-order valence-electron chi connectivity index (χ4n) is 1.43. The van der Waals surface area contributed by atoms with Crippen molar-refractivity contribution in [2.45, 2.75) is 13.0 Å². The van der Waals surface area contributed by atoms with Crippen molar-refractivity contribution in [3.8, 4) is 5.75 Å². The molecule has 1 heterocycles. The van der Waals surface area contributed by atoms with Crippen molar-refractivity contribution in [2.75, 3.05) is 11.9 Å². The Balaban J connectivity index is 2.37. The molecule has 0 radical (unpaired) electrons. The highest BCUT2D eigenvalue weighted by Crippen LogP contribution is 2.29. The average Bonchev–Trinajstić information content (AvgIpc) is 2.16. The molecule has 0 bridgehead atoms. The molecule has 1 unspecified atom stereocenters. The first kappa shape index (κ1) is 8.87. The maximum Gasteiger partial charge on any atom is 0.248 e. The summed E-state index contributed by atoms with van der Waals surface area (Å²) in [7, 11) is 0. The summed E-state index contributed by atoms with van der Waals surface area (Å²) >= 11 is 0. The van der Waals surface area contributed by atoms with Crippen LogP contribution in [0.25, 0.3) is 0 Å². The number of benzene rings is 1. The normalized spacial score (nSPS) is 19.1. The Bertz CT molecular complexity index is 376. The second kappa shape index (κ2) is 3.21. The van der Waals surface area contributed by atoms with Crippen molar-refractivity contribution >= 4 is 11.6 Å². The van der Waals surface area contributed by atoms with Crippen LogP contribution in [0.1, 0.15) is 17.3 Å². The lowest BCUT2D eigenvalue weighted by atomic mass is 10.1. The van der Waals surface area contributed by atoms with Gasteiger partial charge in [-0.1, -0.05) is 0 Å². The van der Waals surface area contributed by atoms with Crippen molar-refractivity contribution < 1.29 is 9.53 Å². The minimum atomic E-state index is -0.436. The predicted molar refractivity (Wildman–Crippen MR) is 53.5 cm³/mol. The zero-order valence-corrected chi connectivity index (χ0v) is 7.91. The van der Waals surface area contributed by atoms with E-state index in [1.807, 2.05) is 6.92 Å². The molecule has 1 aliphatic heterocycles. The van der Waals surface area contributed by atoms with Gasteiger partial charge in [-0.2, -0.15) is 0 Å². The Morgan fingerprint density at radius 3 is 3.14 bits per heavy atom. The maximum atomic E-state index is 10.9. The van der Waals surface area contributed by atoms with Crippen LogP contribution in [0.2, 0.25) is 0 Å². The summed E-state index contributed by atoms with van der Waals surface area (Å²) in [6.45, 7) is 2.75. The fourth-order valence-corrected chi connectivity index (χ4v) is 1.43. The summed E-state index contributed by atoms with van der Waals surface area (Å²) in [5, 5.41) is 3.20. The van der Waals surface area contributed by atoms with E-state index >= 15 is 0 Å². The molecule has 14 heavy (non-hydrogen) atoms. The standard InChI is InChI=1S/C10H12N2O2/c1-6-5-12-8-3-2-7(10(11)13)4-9(8)14-6/h2-4,6,12H,5H2,1H3,(H2,11,13). The number of hydrogen-bond donors (Lipinski definition) is 2. The maximum absolute atomic E-state index is 10.9. The van der Waals surface area contributed by atoms with Gasteiger partial charge in [-0.3, -0.25) is 4.79 Å². The van der Waals surface area contributed by atoms with Gasteiger partial charge in [-0.15, -0.1) is 0 Å². The smallest absolute Gasteiger partial charge is 0.248 e. The molecule has 0 saturated carbocycles. The van der Waals surface area contributed by atoms with E-state index in [2.05, 4.69) is 5.32 Å². The van der Waals surface area contributed by atoms with E-state index in [-0.39, 0.29) is 6.10 Å². The third kappa shape index (κ3) is 1.51. The first-order valence-electron chi connectivity index (χ1n) is 4.51. The molecule has 0 saturated heterocycles. The average molecular weight is 192 g/mol. The van der Waals surface area contributed by atoms with Gasteiger partial charge in [0.15, 0.2) is 0 Å². The quantitative estimate of drug-likeness (QED) is 0.697. The lowest BCUT2D eigenvalue weighted by Gasteiger charge is -2.24. The van der Waals surface area contributed by atoms with Gasteiger partial charge in [-0.25, -0.2) is 0 Å². The van der Waals surface area contributed by atoms with Crippen molar-refractivity contribution in [3.63, 3.8) is 0 Å². The number of ether oxygens (including phenoxy) is 1. The number of primary amides is 1. The summed E-state index contributed by atoms with van der Waals surface area (Å²) in [5.74, 6) is 0.259. The monoisotopic (exact) mass is 192 g/mol. The third-order valence-corrected chi connectivity index (χ3v) is 2.17. The minimum absolute atomic E-state index is 0.116. The molecule has 0 aliphatic carbocycles. The molecule has 1 aromatic carbocycles. The van der Waals surface area contributed by atoms with E-state index in [1.54, 1.807) is 18.2 Å². The number of nitrogens with one attached hydrogen (secondary N) is 1. The van der Waals surface area contributed by atoms with Crippen LogP contribution in [0.4, 0.5) is 5.69 Å². The Kier molecular flexibility index (Phi) is 2.04. The molecule has 3 N–H and O–H groups in total. The zero-order chi connectivity index (χ0) is 10.1. The second-order valence-corrected chi connectivity index (χ2v) is 3.38. The lowest BCUT2D eigenvalue weighted by Crippen LogP contribution is -2.28. The van der Waals surface area contributed by atoms with E-state index in [4.69, 9.17) is 10.5 Å². The number of anilines is 1. The Morgan fingerprint density at radius 2 is 2.43 bits per heavy atom. The molecule has 0 spiro atoms. The number of nitrogens with two attached hydrogens (primary N) is 1. The molecule has 1 atom stereocenters. The van der Waals surface area contributed by atoms with Crippen LogP contribution in [0.3, 0.4) is 0 Å². The number of carbonyl (C=O) groups is 1. The van der Waals surface area contributed by atoms with Crippen LogP contribution in [-0.4, -0.2) is 18.6 Å². The highest BCUT2D eigenvalue weighted by atomic mass is 16.5. The molecule has 0 fully saturated rings. The van der Waals surface area contributed by atoms with E-state index in [1.165, 1.54) is 0 Å². The van der Waals surface area contributed by atoms with Crippen molar-refractivity contribution in [1.82, 2.24) is 0 Å². The Labute approximate surface area is 82.1 Å². The van der Waals surface area contributed by atoms with Gasteiger partial charge in [0.1, 0.15) is 11.9 Å². The van der Waals surface area contributed by atoms with Crippen molar-refractivity contribution in [2.24, 2.45) is 5.73 Å². The van der Waals surface area contributed by atoms with Gasteiger partial charge < -0.3 is 15.8 Å². The highest BCUT2D eigenvalue weighted by Gasteiger charge is 2.16. The van der Waals surface area contributed by atoms with Crippen LogP contribution in [-0.2, 0) is 0 Å². The number of rotatable bonds is 1. The first-order chi connectivity index (χ1) is 6.66. The summed E-state index contributed by atoms with van der Waals surface area (Å²) in [5.41, 5.74) is 6.55. The van der Waals surface area contributed by atoms with Gasteiger partial charge in [0, 0.05) is 5.56 Å². The molecule has 4 nitrogen and oxygen atoms in total. The number of hydrogen-bond acceptors (Lipinski definition) is 3. The third-order valence-electron chi connectivity index (χ3n) is 2.17. The lowest BCUT2D eigenvalue weighted by molar-refractivity contribution is 0.0999. The summed E-state index contributed by atoms with van der Waals surface area (Å²) in [6, 6.07) is 5.16. The number of carbonyl (C=O) groups excluding carboxylic acids is 1. The second-order valence-electron chi connectivity index (χ2n) is 3.38. The summed E-state index contributed by atoms with van der Waals surface area (Å²) < 4.78 is 5.55. The highest BCUT2D eigenvalue weighted by molar-refractivity contribution is 5.94. The van der Waals surface area contributed by atoms with Crippen molar-refractivity contribution in [3.05, 3.63) is 23.8 Å². The summed E-state index contributed by atoms with van der Waals surface area (Å²) in [4.78, 5) is 10.9. The zero-order valence-electron chi connectivity index (χ0n) is 7.91. The van der Waals surface area contributed by atoms with Crippen LogP contribution in [0, 0.1) is 0 Å². The minimum Gasteiger partial charge on any atom is -0.487 e. The fraction of sp³-hybridized carbons (Fsp3) is 0.300. The van der Waals surface area contributed by atoms with E-state index < -0.39 is 5.91 Å². The molecular weight excluding hydrogens is 180 g/mol. The van der Waals surface area contributed by atoms with Crippen LogP contribution in [0.15, 0.2) is 18.2 Å². The van der Waals surface area contributed by atoms with Gasteiger partial charge in [0.25, 0.3) is 0 Å². The van der Waals surface area contributed by atoms with Gasteiger partial charge in [0.2, 0.25) is 5.91 Å². The SMILES string of the molecule is CC1CNc2ccc(C(N)=O)cc2O1. The Hall–Kier alpha value is -1.71. The van der Waals surface area contributed by atoms with Gasteiger partial charge in [0.05, 0.1) is 12.2 Å². The summed E-state index contributed by atoms with van der Waals surface area (Å²) in [6.07, 6.45) is 0.116. The van der Waals surface area contributed by atoms with E-state index in [0.29, 0.717) is 11.3 Å². The number of fused-ring (bicyclic) bond motifs is 1. The van der Waals surface area contributed by atoms with Crippen LogP contribution in [0.5, 0.6) is 5.75 Å². The first-order valence-corrected chi connectivity index (χ1v) is 4.51. The van der Waals surface area contributed by atoms with E-state index in [0.717, 1.165) is 12.2 Å². The molecule has 74 valence electrons. The molecule has 1 aromatic rings. The molecule has 2 rings (SSSR count). The van der Waals surface area contributed by atoms with E-state index in [9.17, 15) is 4.79 Å². The molecule has 1 aliphatic rings. The Morgan fingerprint density at radius 1 is 1.64 bits per heavy atom. The van der Waals surface area contributed by atoms with Gasteiger partial charge >= 0.3 is 0 Å². The molecular formula is C10H12N2O2. The topological polar surface area (TPSA) is 64.3 Å². The predicted octanol–water partition coefficient (Wildman–Crippen LogP) is 0.978. The molecule has 4 heteroatoms.